The summed E-state index contributed by atoms with van der Waals surface area (Å²) in [4.78, 5) is 2.12. The van der Waals surface area contributed by atoms with Gasteiger partial charge in [-0.1, -0.05) is 29.3 Å². The van der Waals surface area contributed by atoms with Crippen molar-refractivity contribution >= 4 is 28.9 Å². The van der Waals surface area contributed by atoms with Gasteiger partial charge in [0.05, 0.1) is 15.7 Å². The second-order valence-electron chi connectivity index (χ2n) is 3.24. The Kier molecular flexibility index (Phi) is 2.37. The van der Waals surface area contributed by atoms with Crippen molar-refractivity contribution in [3.63, 3.8) is 0 Å². The molecule has 0 saturated carbocycles. The minimum Gasteiger partial charge on any atom is -0.367 e. The van der Waals surface area contributed by atoms with Crippen LogP contribution in [-0.4, -0.2) is 19.1 Å². The minimum atomic E-state index is 0.273. The van der Waals surface area contributed by atoms with E-state index in [2.05, 4.69) is 4.90 Å². The third-order valence-corrected chi connectivity index (χ3v) is 2.99. The van der Waals surface area contributed by atoms with Gasteiger partial charge in [-0.15, -0.1) is 0 Å². The van der Waals surface area contributed by atoms with Crippen LogP contribution in [0.25, 0.3) is 0 Å². The third-order valence-electron chi connectivity index (χ3n) is 2.18. The first-order chi connectivity index (χ1) is 6.18. The molecule has 1 aliphatic heterocycles. The second-order valence-corrected chi connectivity index (χ2v) is 4.02. The molecular weight excluding hydrogens is 207 g/mol. The number of rotatable bonds is 1. The van der Waals surface area contributed by atoms with Gasteiger partial charge >= 0.3 is 0 Å². The normalized spacial score (nSPS) is 17.3. The Hall–Kier alpha value is -0.440. The van der Waals surface area contributed by atoms with E-state index >= 15 is 0 Å². The van der Waals surface area contributed by atoms with Crippen molar-refractivity contribution in [3.8, 4) is 0 Å². The maximum atomic E-state index is 6.03. The summed E-state index contributed by atoms with van der Waals surface area (Å²) in [5.74, 6) is 0. The number of nitrogens with zero attached hydrogens (tertiary/aromatic N) is 1. The molecule has 1 aliphatic rings. The average Bonchev–Trinajstić information content (AvgIpc) is 2.05. The summed E-state index contributed by atoms with van der Waals surface area (Å²) in [6.07, 6.45) is 0. The fourth-order valence-electron chi connectivity index (χ4n) is 1.45. The summed E-state index contributed by atoms with van der Waals surface area (Å²) < 4.78 is 0. The zero-order valence-corrected chi connectivity index (χ0v) is 8.52. The van der Waals surface area contributed by atoms with Crippen LogP contribution < -0.4 is 10.6 Å². The predicted octanol–water partition coefficient (Wildman–Crippen LogP) is 2.14. The Morgan fingerprint density at radius 1 is 1.31 bits per heavy atom. The van der Waals surface area contributed by atoms with Crippen LogP contribution in [0.15, 0.2) is 18.2 Å². The molecule has 2 rings (SSSR count). The third kappa shape index (κ3) is 1.62. The molecule has 70 valence electrons. The van der Waals surface area contributed by atoms with E-state index in [1.807, 2.05) is 12.1 Å². The van der Waals surface area contributed by atoms with Gasteiger partial charge in [0.15, 0.2) is 0 Å². The Balaban J connectivity index is 2.26. The van der Waals surface area contributed by atoms with Gasteiger partial charge in [-0.25, -0.2) is 0 Å². The Labute approximate surface area is 87.2 Å². The van der Waals surface area contributed by atoms with Crippen molar-refractivity contribution in [2.75, 3.05) is 18.0 Å². The molecule has 0 bridgehead atoms. The summed E-state index contributed by atoms with van der Waals surface area (Å²) in [5, 5.41) is 1.22. The standard InChI is InChI=1S/C9H10Cl2N2/c10-7-2-1-3-8(9(7)11)13-4-6(12)5-13/h1-3,6H,4-5,12H2. The highest BCUT2D eigenvalue weighted by atomic mass is 35.5. The molecule has 0 amide bonds. The molecule has 0 unspecified atom stereocenters. The molecule has 13 heavy (non-hydrogen) atoms. The van der Waals surface area contributed by atoms with Gasteiger partial charge < -0.3 is 10.6 Å². The maximum absolute atomic E-state index is 6.03. The van der Waals surface area contributed by atoms with Gasteiger partial charge in [0, 0.05) is 19.1 Å². The number of halogens is 2. The highest BCUT2D eigenvalue weighted by Gasteiger charge is 2.25. The van der Waals surface area contributed by atoms with Gasteiger partial charge in [0.2, 0.25) is 0 Å². The van der Waals surface area contributed by atoms with Crippen LogP contribution in [0.2, 0.25) is 10.0 Å². The Bertz CT molecular complexity index is 321. The van der Waals surface area contributed by atoms with Gasteiger partial charge in [-0.05, 0) is 12.1 Å². The largest absolute Gasteiger partial charge is 0.367 e. The molecule has 0 radical (unpaired) electrons. The van der Waals surface area contributed by atoms with Gasteiger partial charge in [-0.2, -0.15) is 0 Å². The first-order valence-electron chi connectivity index (χ1n) is 4.13. The smallest absolute Gasteiger partial charge is 0.0825 e. The fraction of sp³-hybridized carbons (Fsp3) is 0.333. The van der Waals surface area contributed by atoms with E-state index in [4.69, 9.17) is 28.9 Å². The van der Waals surface area contributed by atoms with Crippen molar-refractivity contribution in [3.05, 3.63) is 28.2 Å². The summed E-state index contributed by atoms with van der Waals surface area (Å²) in [5.41, 5.74) is 6.66. The highest BCUT2D eigenvalue weighted by Crippen LogP contribution is 2.34. The van der Waals surface area contributed by atoms with E-state index in [-0.39, 0.29) is 6.04 Å². The van der Waals surface area contributed by atoms with E-state index in [0.717, 1.165) is 18.8 Å². The lowest BCUT2D eigenvalue weighted by molar-refractivity contribution is 0.519. The van der Waals surface area contributed by atoms with Crippen LogP contribution in [0.5, 0.6) is 0 Å². The van der Waals surface area contributed by atoms with Crippen LogP contribution >= 0.6 is 23.2 Å². The molecule has 0 aromatic heterocycles. The molecule has 1 aromatic carbocycles. The van der Waals surface area contributed by atoms with E-state index in [1.165, 1.54) is 0 Å². The van der Waals surface area contributed by atoms with Gasteiger partial charge in [0.1, 0.15) is 0 Å². The number of nitrogens with two attached hydrogens (primary N) is 1. The van der Waals surface area contributed by atoms with E-state index in [9.17, 15) is 0 Å². The number of hydrogen-bond acceptors (Lipinski definition) is 2. The lowest BCUT2D eigenvalue weighted by Crippen LogP contribution is -2.55. The minimum absolute atomic E-state index is 0.273. The van der Waals surface area contributed by atoms with Crippen LogP contribution in [0.3, 0.4) is 0 Å². The molecular formula is C9H10Cl2N2. The second kappa shape index (κ2) is 3.37. The summed E-state index contributed by atoms with van der Waals surface area (Å²) in [6, 6.07) is 5.91. The van der Waals surface area contributed by atoms with Crippen LogP contribution in [0, 0.1) is 0 Å². The molecule has 1 heterocycles. The van der Waals surface area contributed by atoms with Crippen molar-refractivity contribution in [2.45, 2.75) is 6.04 Å². The lowest BCUT2D eigenvalue weighted by atomic mass is 10.1. The van der Waals surface area contributed by atoms with Crippen molar-refractivity contribution in [1.82, 2.24) is 0 Å². The Morgan fingerprint density at radius 3 is 2.62 bits per heavy atom. The van der Waals surface area contributed by atoms with Crippen molar-refractivity contribution in [2.24, 2.45) is 5.73 Å². The lowest BCUT2D eigenvalue weighted by Gasteiger charge is -2.39. The van der Waals surface area contributed by atoms with Crippen LogP contribution in [-0.2, 0) is 0 Å². The molecule has 0 atom stereocenters. The monoisotopic (exact) mass is 216 g/mol. The summed E-state index contributed by atoms with van der Waals surface area (Å²) in [7, 11) is 0. The first-order valence-corrected chi connectivity index (χ1v) is 4.88. The molecule has 0 spiro atoms. The maximum Gasteiger partial charge on any atom is 0.0825 e. The molecule has 1 saturated heterocycles. The zero-order valence-electron chi connectivity index (χ0n) is 7.00. The summed E-state index contributed by atoms with van der Waals surface area (Å²) in [6.45, 7) is 1.72. The van der Waals surface area contributed by atoms with Crippen LogP contribution in [0.4, 0.5) is 5.69 Å². The quantitative estimate of drug-likeness (QED) is 0.780. The number of anilines is 1. The molecule has 4 heteroatoms. The predicted molar refractivity (Wildman–Crippen MR) is 56.7 cm³/mol. The first kappa shape index (κ1) is 9.13. The number of benzene rings is 1. The molecule has 1 fully saturated rings. The van der Waals surface area contributed by atoms with Crippen molar-refractivity contribution in [1.29, 1.82) is 0 Å². The van der Waals surface area contributed by atoms with E-state index in [0.29, 0.717) is 10.0 Å². The summed E-state index contributed by atoms with van der Waals surface area (Å²) >= 11 is 11.9. The van der Waals surface area contributed by atoms with E-state index < -0.39 is 0 Å². The molecule has 2 nitrogen and oxygen atoms in total. The van der Waals surface area contributed by atoms with Gasteiger partial charge in [0.25, 0.3) is 0 Å². The molecule has 1 aromatic rings. The Morgan fingerprint density at radius 2 is 2.00 bits per heavy atom. The topological polar surface area (TPSA) is 29.3 Å². The van der Waals surface area contributed by atoms with Gasteiger partial charge in [-0.3, -0.25) is 0 Å². The fourth-order valence-corrected chi connectivity index (χ4v) is 1.86. The highest BCUT2D eigenvalue weighted by molar-refractivity contribution is 6.43. The average molecular weight is 217 g/mol. The SMILES string of the molecule is NC1CN(c2cccc(Cl)c2Cl)C1. The van der Waals surface area contributed by atoms with Crippen LogP contribution in [0.1, 0.15) is 0 Å². The number of hydrogen-bond donors (Lipinski definition) is 1. The molecule has 0 aliphatic carbocycles. The van der Waals surface area contributed by atoms with Crippen molar-refractivity contribution < 1.29 is 0 Å². The zero-order chi connectivity index (χ0) is 9.42. The van der Waals surface area contributed by atoms with E-state index in [1.54, 1.807) is 6.07 Å². The molecule has 2 N–H and O–H groups in total.